The van der Waals surface area contributed by atoms with Crippen molar-refractivity contribution in [2.24, 2.45) is 0 Å². The van der Waals surface area contributed by atoms with Gasteiger partial charge in [-0.25, -0.2) is 0 Å². The van der Waals surface area contributed by atoms with Crippen LogP contribution in [-0.4, -0.2) is 25.1 Å². The molecule has 0 fully saturated rings. The maximum atomic E-state index is 12.9. The van der Waals surface area contributed by atoms with Gasteiger partial charge in [0.2, 0.25) is 0 Å². The molecular weight excluding hydrogens is 316 g/mol. The molecule has 5 nitrogen and oxygen atoms in total. The highest BCUT2D eigenvalue weighted by Crippen LogP contribution is 2.30. The fraction of sp³-hybridized carbons (Fsp3) is 0.250. The molecular formula is C20H22N2O3. The molecule has 0 aliphatic rings. The van der Waals surface area contributed by atoms with Crippen LogP contribution in [-0.2, 0) is 0 Å². The second-order valence-electron chi connectivity index (χ2n) is 5.97. The van der Waals surface area contributed by atoms with Crippen LogP contribution in [0.5, 0.6) is 11.5 Å². The summed E-state index contributed by atoms with van der Waals surface area (Å²) >= 11 is 0. The summed E-state index contributed by atoms with van der Waals surface area (Å²) in [7, 11) is 3.23. The second kappa shape index (κ2) is 6.89. The molecule has 0 radical (unpaired) electrons. The Bertz CT molecular complexity index is 914. The average molecular weight is 338 g/mol. The molecule has 0 aliphatic carbocycles. The number of hydrogen-bond donors (Lipinski definition) is 2. The van der Waals surface area contributed by atoms with Gasteiger partial charge in [0.25, 0.3) is 5.91 Å². The van der Waals surface area contributed by atoms with Crippen molar-refractivity contribution in [3.05, 3.63) is 59.3 Å². The molecule has 0 bridgehead atoms. The van der Waals surface area contributed by atoms with Gasteiger partial charge in [-0.2, -0.15) is 0 Å². The number of carbonyl (C=O) groups is 1. The summed E-state index contributed by atoms with van der Waals surface area (Å²) in [6.45, 7) is 3.84. The highest BCUT2D eigenvalue weighted by atomic mass is 16.5. The highest BCUT2D eigenvalue weighted by Gasteiger charge is 2.20. The van der Waals surface area contributed by atoms with E-state index in [0.29, 0.717) is 11.3 Å². The lowest BCUT2D eigenvalue weighted by atomic mass is 10.0. The van der Waals surface area contributed by atoms with Gasteiger partial charge in [0, 0.05) is 22.2 Å². The summed E-state index contributed by atoms with van der Waals surface area (Å²) in [4.78, 5) is 16.1. The van der Waals surface area contributed by atoms with E-state index in [0.717, 1.165) is 27.9 Å². The standard InChI is InChI=1S/C20H22N2O3/c1-12(16-11-14(24-3)9-10-18(16)25-4)22-20(23)19-13(2)21-17-8-6-5-7-15(17)19/h5-12,21H,1-4H3,(H,22,23). The second-order valence-corrected chi connectivity index (χ2v) is 5.97. The summed E-state index contributed by atoms with van der Waals surface area (Å²) in [5.41, 5.74) is 3.34. The van der Waals surface area contributed by atoms with Crippen LogP contribution in [0.1, 0.15) is 34.6 Å². The SMILES string of the molecule is COc1ccc(OC)c(C(C)NC(=O)c2c(C)[nH]c3ccccc23)c1. The van der Waals surface area contributed by atoms with Crippen LogP contribution >= 0.6 is 0 Å². The third kappa shape index (κ3) is 3.18. The quantitative estimate of drug-likeness (QED) is 0.739. The summed E-state index contributed by atoms with van der Waals surface area (Å²) in [5, 5.41) is 3.98. The Morgan fingerprint density at radius 1 is 1.12 bits per heavy atom. The maximum absolute atomic E-state index is 12.9. The third-order valence-corrected chi connectivity index (χ3v) is 4.37. The van der Waals surface area contributed by atoms with E-state index in [4.69, 9.17) is 9.47 Å². The molecule has 1 heterocycles. The lowest BCUT2D eigenvalue weighted by Gasteiger charge is -2.18. The number of aryl methyl sites for hydroxylation is 1. The number of ether oxygens (including phenoxy) is 2. The molecule has 3 aromatic rings. The first-order valence-corrected chi connectivity index (χ1v) is 8.15. The predicted molar refractivity (Wildman–Crippen MR) is 98.5 cm³/mol. The van der Waals surface area contributed by atoms with E-state index in [9.17, 15) is 4.79 Å². The van der Waals surface area contributed by atoms with E-state index in [-0.39, 0.29) is 11.9 Å². The third-order valence-electron chi connectivity index (χ3n) is 4.37. The molecule has 2 N–H and O–H groups in total. The maximum Gasteiger partial charge on any atom is 0.254 e. The van der Waals surface area contributed by atoms with Crippen LogP contribution < -0.4 is 14.8 Å². The first-order valence-electron chi connectivity index (χ1n) is 8.15. The lowest BCUT2D eigenvalue weighted by Crippen LogP contribution is -2.27. The van der Waals surface area contributed by atoms with E-state index >= 15 is 0 Å². The molecule has 1 aromatic heterocycles. The van der Waals surface area contributed by atoms with Gasteiger partial charge in [-0.1, -0.05) is 18.2 Å². The molecule has 0 saturated heterocycles. The molecule has 130 valence electrons. The number of carbonyl (C=O) groups excluding carboxylic acids is 1. The monoisotopic (exact) mass is 338 g/mol. The molecule has 5 heteroatoms. The van der Waals surface area contributed by atoms with Crippen LogP contribution in [0.25, 0.3) is 10.9 Å². The highest BCUT2D eigenvalue weighted by molar-refractivity contribution is 6.08. The van der Waals surface area contributed by atoms with Gasteiger partial charge in [0.1, 0.15) is 11.5 Å². The van der Waals surface area contributed by atoms with Crippen molar-refractivity contribution in [2.45, 2.75) is 19.9 Å². The minimum absolute atomic E-state index is 0.118. The van der Waals surface area contributed by atoms with Crippen LogP contribution in [0.2, 0.25) is 0 Å². The number of aromatic amines is 1. The van der Waals surface area contributed by atoms with E-state index in [1.54, 1.807) is 14.2 Å². The van der Waals surface area contributed by atoms with E-state index in [1.165, 1.54) is 0 Å². The number of hydrogen-bond acceptors (Lipinski definition) is 3. The minimum atomic E-state index is -0.231. The van der Waals surface area contributed by atoms with Crippen molar-refractivity contribution in [1.82, 2.24) is 10.3 Å². The zero-order valence-corrected chi connectivity index (χ0v) is 14.8. The summed E-state index contributed by atoms with van der Waals surface area (Å²) in [6.07, 6.45) is 0. The molecule has 1 amide bonds. The van der Waals surface area contributed by atoms with Crippen molar-refractivity contribution < 1.29 is 14.3 Å². The van der Waals surface area contributed by atoms with Gasteiger partial charge in [-0.3, -0.25) is 4.79 Å². The Balaban J connectivity index is 1.91. The molecule has 25 heavy (non-hydrogen) atoms. The van der Waals surface area contributed by atoms with E-state index in [1.807, 2.05) is 56.3 Å². The van der Waals surface area contributed by atoms with Crippen molar-refractivity contribution in [2.75, 3.05) is 14.2 Å². The number of methoxy groups -OCH3 is 2. The predicted octanol–water partition coefficient (Wildman–Crippen LogP) is 3.98. The molecule has 2 aromatic carbocycles. The fourth-order valence-electron chi connectivity index (χ4n) is 3.09. The molecule has 3 rings (SSSR count). The van der Waals surface area contributed by atoms with E-state index < -0.39 is 0 Å². The number of benzene rings is 2. The Kier molecular flexibility index (Phi) is 4.65. The number of H-pyrrole nitrogens is 1. The molecule has 0 aliphatic heterocycles. The summed E-state index contributed by atoms with van der Waals surface area (Å²) < 4.78 is 10.7. The van der Waals surface area contributed by atoms with Crippen molar-refractivity contribution in [1.29, 1.82) is 0 Å². The minimum Gasteiger partial charge on any atom is -0.497 e. The van der Waals surface area contributed by atoms with Gasteiger partial charge in [-0.15, -0.1) is 0 Å². The van der Waals surface area contributed by atoms with Gasteiger partial charge < -0.3 is 19.8 Å². The average Bonchev–Trinajstić information content (AvgIpc) is 2.96. The van der Waals surface area contributed by atoms with Gasteiger partial charge in [0.05, 0.1) is 25.8 Å². The number of amides is 1. The molecule has 1 atom stereocenters. The zero-order valence-electron chi connectivity index (χ0n) is 14.8. The smallest absolute Gasteiger partial charge is 0.254 e. The van der Waals surface area contributed by atoms with Gasteiger partial charge >= 0.3 is 0 Å². The molecule has 0 saturated carbocycles. The Hall–Kier alpha value is -2.95. The van der Waals surface area contributed by atoms with Gasteiger partial charge in [0.15, 0.2) is 0 Å². The van der Waals surface area contributed by atoms with Crippen LogP contribution in [0.15, 0.2) is 42.5 Å². The topological polar surface area (TPSA) is 63.4 Å². The van der Waals surface area contributed by atoms with E-state index in [2.05, 4.69) is 10.3 Å². The van der Waals surface area contributed by atoms with Crippen LogP contribution in [0, 0.1) is 6.92 Å². The van der Waals surface area contributed by atoms with Crippen molar-refractivity contribution in [3.8, 4) is 11.5 Å². The first kappa shape index (κ1) is 16.9. The lowest BCUT2D eigenvalue weighted by molar-refractivity contribution is 0.0940. The largest absolute Gasteiger partial charge is 0.497 e. The fourth-order valence-corrected chi connectivity index (χ4v) is 3.09. The molecule has 0 spiro atoms. The number of rotatable bonds is 5. The Morgan fingerprint density at radius 2 is 1.88 bits per heavy atom. The van der Waals surface area contributed by atoms with Crippen LogP contribution in [0.3, 0.4) is 0 Å². The number of nitrogens with one attached hydrogen (secondary N) is 2. The van der Waals surface area contributed by atoms with Crippen molar-refractivity contribution >= 4 is 16.8 Å². The normalized spacial score (nSPS) is 12.0. The number of para-hydroxylation sites is 1. The van der Waals surface area contributed by atoms with Gasteiger partial charge in [-0.05, 0) is 38.1 Å². The first-order chi connectivity index (χ1) is 12.0. The van der Waals surface area contributed by atoms with Crippen molar-refractivity contribution in [3.63, 3.8) is 0 Å². The summed E-state index contributed by atoms with van der Waals surface area (Å²) in [5.74, 6) is 1.32. The Labute approximate surface area is 147 Å². The molecule has 1 unspecified atom stereocenters. The van der Waals surface area contributed by atoms with Crippen LogP contribution in [0.4, 0.5) is 0 Å². The zero-order chi connectivity index (χ0) is 18.0. The number of aromatic nitrogens is 1. The summed E-state index contributed by atoms with van der Waals surface area (Å²) in [6, 6.07) is 13.1. The Morgan fingerprint density at radius 3 is 2.60 bits per heavy atom. The number of fused-ring (bicyclic) bond motifs is 1.